The highest BCUT2D eigenvalue weighted by Crippen LogP contribution is 2.22. The van der Waals surface area contributed by atoms with Crippen molar-refractivity contribution in [2.45, 2.75) is 31.8 Å². The zero-order valence-corrected chi connectivity index (χ0v) is 16.8. The highest BCUT2D eigenvalue weighted by Gasteiger charge is 2.38. The minimum atomic E-state index is -0.713. The Bertz CT molecular complexity index is 1110. The van der Waals surface area contributed by atoms with E-state index in [-0.39, 0.29) is 30.7 Å². The largest absolute Gasteiger partial charge is 0.346 e. The molecule has 0 saturated carbocycles. The Hall–Kier alpha value is -3.68. The molecule has 2 aromatic carbocycles. The number of urea groups is 1. The summed E-state index contributed by atoms with van der Waals surface area (Å²) in [6.45, 7) is 1.87. The Kier molecular flexibility index (Phi) is 5.22. The molecule has 4 rings (SSSR count). The molecule has 4 amide bonds. The molecular formula is C22H23N5O3. The zero-order valence-electron chi connectivity index (χ0n) is 16.8. The number of hydrogen-bond acceptors (Lipinski definition) is 4. The molecule has 2 N–H and O–H groups in total. The first kappa shape index (κ1) is 19.6. The summed E-state index contributed by atoms with van der Waals surface area (Å²) >= 11 is 0. The van der Waals surface area contributed by atoms with Crippen LogP contribution in [-0.4, -0.2) is 33.4 Å². The number of imidazole rings is 1. The van der Waals surface area contributed by atoms with Gasteiger partial charge in [0.1, 0.15) is 11.9 Å². The van der Waals surface area contributed by atoms with Crippen molar-refractivity contribution in [3.8, 4) is 0 Å². The lowest BCUT2D eigenvalue weighted by molar-refractivity contribution is -0.122. The average molecular weight is 405 g/mol. The second-order valence-corrected chi connectivity index (χ2v) is 7.36. The van der Waals surface area contributed by atoms with Crippen molar-refractivity contribution in [2.75, 3.05) is 4.90 Å². The van der Waals surface area contributed by atoms with E-state index in [4.69, 9.17) is 0 Å². The van der Waals surface area contributed by atoms with Crippen LogP contribution in [0.25, 0.3) is 11.0 Å². The molecule has 8 heteroatoms. The smallest absolute Gasteiger partial charge is 0.329 e. The molecule has 1 saturated heterocycles. The Morgan fingerprint density at radius 2 is 1.83 bits per heavy atom. The number of para-hydroxylation sites is 3. The van der Waals surface area contributed by atoms with E-state index in [1.54, 1.807) is 24.3 Å². The van der Waals surface area contributed by atoms with Crippen molar-refractivity contribution < 1.29 is 14.4 Å². The molecule has 8 nitrogen and oxygen atoms in total. The van der Waals surface area contributed by atoms with Gasteiger partial charge in [-0.25, -0.2) is 14.7 Å². The molecule has 0 unspecified atom stereocenters. The van der Waals surface area contributed by atoms with E-state index in [9.17, 15) is 14.4 Å². The number of imide groups is 1. The first-order valence-corrected chi connectivity index (χ1v) is 9.86. The first-order chi connectivity index (χ1) is 14.5. The summed E-state index contributed by atoms with van der Waals surface area (Å²) in [5, 5.41) is 5.59. The third kappa shape index (κ3) is 3.63. The van der Waals surface area contributed by atoms with Gasteiger partial charge in [-0.2, -0.15) is 0 Å². The number of fused-ring (bicyclic) bond motifs is 1. The molecule has 1 aromatic heterocycles. The zero-order chi connectivity index (χ0) is 21.3. The van der Waals surface area contributed by atoms with Crippen molar-refractivity contribution >= 4 is 34.6 Å². The Balaban J connectivity index is 1.36. The lowest BCUT2D eigenvalue weighted by Crippen LogP contribution is -2.33. The highest BCUT2D eigenvalue weighted by atomic mass is 16.2. The fourth-order valence-corrected chi connectivity index (χ4v) is 3.75. The number of aromatic nitrogens is 2. The van der Waals surface area contributed by atoms with Crippen molar-refractivity contribution in [3.63, 3.8) is 0 Å². The summed E-state index contributed by atoms with van der Waals surface area (Å²) in [4.78, 5) is 43.0. The summed E-state index contributed by atoms with van der Waals surface area (Å²) in [6, 6.07) is 15.1. The number of rotatable bonds is 6. The van der Waals surface area contributed by atoms with Gasteiger partial charge in [0.25, 0.3) is 5.91 Å². The Labute approximate surface area is 173 Å². The monoisotopic (exact) mass is 405 g/mol. The van der Waals surface area contributed by atoms with Gasteiger partial charge in [0.2, 0.25) is 5.91 Å². The molecule has 1 aliphatic heterocycles. The van der Waals surface area contributed by atoms with E-state index < -0.39 is 12.1 Å². The van der Waals surface area contributed by atoms with Crippen molar-refractivity contribution in [1.82, 2.24) is 20.2 Å². The maximum atomic E-state index is 12.6. The van der Waals surface area contributed by atoms with Gasteiger partial charge in [-0.1, -0.05) is 30.3 Å². The first-order valence-electron chi connectivity index (χ1n) is 9.86. The molecule has 0 aliphatic carbocycles. The van der Waals surface area contributed by atoms with Crippen LogP contribution in [0.2, 0.25) is 0 Å². The average Bonchev–Trinajstić information content (AvgIpc) is 3.23. The number of carbonyl (C=O) groups is 3. The van der Waals surface area contributed by atoms with Crippen LogP contribution in [0.5, 0.6) is 0 Å². The normalized spacial score (nSPS) is 17.3. The van der Waals surface area contributed by atoms with Crippen LogP contribution in [0.15, 0.2) is 54.6 Å². The van der Waals surface area contributed by atoms with E-state index >= 15 is 0 Å². The van der Waals surface area contributed by atoms with Crippen molar-refractivity contribution in [1.29, 1.82) is 0 Å². The van der Waals surface area contributed by atoms with E-state index in [1.807, 2.05) is 48.9 Å². The minimum Gasteiger partial charge on any atom is -0.346 e. The van der Waals surface area contributed by atoms with Crippen LogP contribution in [0.1, 0.15) is 31.6 Å². The fraction of sp³-hybridized carbons (Fsp3) is 0.273. The molecule has 0 bridgehead atoms. The molecule has 1 fully saturated rings. The summed E-state index contributed by atoms with van der Waals surface area (Å²) in [6.07, 6.45) is 0.350. The van der Waals surface area contributed by atoms with Gasteiger partial charge in [-0.05, 0) is 37.6 Å². The molecule has 2 atom stereocenters. The van der Waals surface area contributed by atoms with Gasteiger partial charge in [0.05, 0.1) is 22.8 Å². The molecule has 3 aromatic rings. The second kappa shape index (κ2) is 7.98. The molecule has 0 radical (unpaired) electrons. The highest BCUT2D eigenvalue weighted by molar-refractivity contribution is 6.21. The van der Waals surface area contributed by atoms with E-state index in [2.05, 4.69) is 15.6 Å². The third-order valence-electron chi connectivity index (χ3n) is 5.28. The van der Waals surface area contributed by atoms with Crippen LogP contribution in [0.3, 0.4) is 0 Å². The number of amides is 4. The number of nitrogens with zero attached hydrogens (tertiary/aromatic N) is 3. The van der Waals surface area contributed by atoms with Gasteiger partial charge in [0.15, 0.2) is 0 Å². The Morgan fingerprint density at radius 1 is 1.13 bits per heavy atom. The van der Waals surface area contributed by atoms with Crippen LogP contribution in [-0.2, 0) is 16.6 Å². The van der Waals surface area contributed by atoms with Gasteiger partial charge in [0, 0.05) is 13.5 Å². The number of benzene rings is 2. The maximum absolute atomic E-state index is 12.6. The molecule has 0 spiro atoms. The molecule has 154 valence electrons. The van der Waals surface area contributed by atoms with E-state index in [0.717, 1.165) is 21.8 Å². The molecule has 30 heavy (non-hydrogen) atoms. The summed E-state index contributed by atoms with van der Waals surface area (Å²) in [5.41, 5.74) is 2.38. The topological polar surface area (TPSA) is 96.3 Å². The van der Waals surface area contributed by atoms with E-state index in [1.165, 1.54) is 0 Å². The lowest BCUT2D eigenvalue weighted by Gasteiger charge is -2.15. The SMILES string of the molecule is C[C@H](NC(=O)CC[C@@H]1NC(=O)N(c2ccccc2)C1=O)c1nc2ccccc2n1C. The molecule has 1 aliphatic rings. The predicted molar refractivity (Wildman–Crippen MR) is 113 cm³/mol. The van der Waals surface area contributed by atoms with Crippen LogP contribution >= 0.6 is 0 Å². The van der Waals surface area contributed by atoms with Gasteiger partial charge in [-0.15, -0.1) is 0 Å². The predicted octanol–water partition coefficient (Wildman–Crippen LogP) is 2.66. The van der Waals surface area contributed by atoms with Gasteiger partial charge < -0.3 is 15.2 Å². The number of carbonyl (C=O) groups excluding carboxylic acids is 3. The number of aryl methyl sites for hydroxylation is 1. The van der Waals surface area contributed by atoms with Crippen LogP contribution < -0.4 is 15.5 Å². The minimum absolute atomic E-state index is 0.119. The van der Waals surface area contributed by atoms with Crippen molar-refractivity contribution in [2.24, 2.45) is 7.05 Å². The Morgan fingerprint density at radius 3 is 2.57 bits per heavy atom. The summed E-state index contributed by atoms with van der Waals surface area (Å²) in [5.74, 6) is 0.210. The summed E-state index contributed by atoms with van der Waals surface area (Å²) in [7, 11) is 1.91. The number of hydrogen-bond donors (Lipinski definition) is 2. The standard InChI is InChI=1S/C22H23N5O3/c1-14(20-24-16-10-6-7-11-18(16)26(20)2)23-19(28)13-12-17-21(29)27(22(30)25-17)15-8-4-3-5-9-15/h3-11,14,17H,12-13H2,1-2H3,(H,23,28)(H,25,30)/t14-,17-/m0/s1. The van der Waals surface area contributed by atoms with Gasteiger partial charge >= 0.3 is 6.03 Å². The number of nitrogens with one attached hydrogen (secondary N) is 2. The quantitative estimate of drug-likeness (QED) is 0.616. The number of anilines is 1. The van der Waals surface area contributed by atoms with Gasteiger partial charge in [-0.3, -0.25) is 9.59 Å². The summed E-state index contributed by atoms with van der Waals surface area (Å²) < 4.78 is 1.96. The molecule has 2 heterocycles. The second-order valence-electron chi connectivity index (χ2n) is 7.36. The third-order valence-corrected chi connectivity index (χ3v) is 5.28. The fourth-order valence-electron chi connectivity index (χ4n) is 3.75. The van der Waals surface area contributed by atoms with E-state index in [0.29, 0.717) is 5.69 Å². The van der Waals surface area contributed by atoms with Crippen molar-refractivity contribution in [3.05, 3.63) is 60.4 Å². The van der Waals surface area contributed by atoms with Crippen LogP contribution in [0.4, 0.5) is 10.5 Å². The van der Waals surface area contributed by atoms with Crippen LogP contribution in [0, 0.1) is 0 Å². The molecular weight excluding hydrogens is 382 g/mol. The lowest BCUT2D eigenvalue weighted by atomic mass is 10.1. The maximum Gasteiger partial charge on any atom is 0.329 e.